The molecule has 0 radical (unpaired) electrons. The van der Waals surface area contributed by atoms with E-state index in [1.807, 2.05) is 25.1 Å². The summed E-state index contributed by atoms with van der Waals surface area (Å²) in [6, 6.07) is 5.72. The fourth-order valence-corrected chi connectivity index (χ4v) is 3.04. The number of carbonyl (C=O) groups is 1. The number of nitrogens with two attached hydrogens (primary N) is 2. The molecule has 0 spiro atoms. The Bertz CT molecular complexity index is 779. The summed E-state index contributed by atoms with van der Waals surface area (Å²) >= 11 is 1.20. The second-order valence-corrected chi connectivity index (χ2v) is 6.23. The predicted octanol–water partition coefficient (Wildman–Crippen LogP) is -1.28. The number of hydrogen-bond donors (Lipinski definition) is 4. The van der Waals surface area contributed by atoms with Crippen LogP contribution in [-0.4, -0.2) is 34.7 Å². The van der Waals surface area contributed by atoms with Crippen molar-refractivity contribution in [2.24, 2.45) is 0 Å². The summed E-state index contributed by atoms with van der Waals surface area (Å²) < 4.78 is 5.52. The molecule has 3 rings (SSSR count). The van der Waals surface area contributed by atoms with Crippen molar-refractivity contribution in [3.63, 3.8) is 0 Å². The first-order valence-corrected chi connectivity index (χ1v) is 7.91. The zero-order valence-corrected chi connectivity index (χ0v) is 13.3. The number of para-hydroxylation sites is 1. The average Bonchev–Trinajstić information content (AvgIpc) is 2.95. The van der Waals surface area contributed by atoms with Gasteiger partial charge in [0.1, 0.15) is 5.75 Å². The van der Waals surface area contributed by atoms with Crippen LogP contribution in [0.2, 0.25) is 0 Å². The minimum Gasteiger partial charge on any atom is -0.534 e. The number of carbonyl (C=O) groups excluding carboxylic acids is 1. The van der Waals surface area contributed by atoms with Crippen molar-refractivity contribution < 1.29 is 19.9 Å². The monoisotopic (exact) mass is 331 g/mol. The molecule has 6 N–H and O–H groups in total. The number of aromatic nitrogens is 1. The number of thiazole rings is 1. The lowest BCUT2D eigenvalue weighted by Gasteiger charge is -2.28. The van der Waals surface area contributed by atoms with Gasteiger partial charge >= 0.3 is 13.0 Å². The van der Waals surface area contributed by atoms with E-state index in [0.717, 1.165) is 11.1 Å². The van der Waals surface area contributed by atoms with Crippen LogP contribution in [0.4, 0.5) is 5.13 Å². The molecule has 2 aromatic rings. The van der Waals surface area contributed by atoms with Gasteiger partial charge in [-0.1, -0.05) is 18.2 Å². The highest BCUT2D eigenvalue weighted by Crippen LogP contribution is 2.29. The van der Waals surface area contributed by atoms with E-state index in [1.54, 1.807) is 5.38 Å². The molecule has 0 aliphatic carbocycles. The van der Waals surface area contributed by atoms with Crippen molar-refractivity contribution in [1.29, 1.82) is 0 Å². The summed E-state index contributed by atoms with van der Waals surface area (Å²) in [7, 11) is -1.14. The molecule has 23 heavy (non-hydrogen) atoms. The molecule has 1 amide bonds. The molecule has 9 heteroatoms. The van der Waals surface area contributed by atoms with Crippen molar-refractivity contribution in [2.75, 3.05) is 5.73 Å². The van der Waals surface area contributed by atoms with Crippen molar-refractivity contribution >= 4 is 35.2 Å². The molecule has 0 bridgehead atoms. The molecule has 1 aromatic heterocycles. The maximum Gasteiger partial charge on any atom is 0.547 e. The SMILES string of the molecule is Cc1cccc2c1OB(O)[C@@H](NC(=O)C(=[NH2+])c1csc(N)n1)C2. The Hall–Kier alpha value is -2.39. The lowest BCUT2D eigenvalue weighted by molar-refractivity contribution is -0.135. The molecule has 0 unspecified atom stereocenters. The van der Waals surface area contributed by atoms with Gasteiger partial charge in [0.15, 0.2) is 10.8 Å². The molecular formula is C14H16BN4O3S+. The number of nitrogen functional groups attached to an aromatic ring is 1. The highest BCUT2D eigenvalue weighted by atomic mass is 32.1. The topological polar surface area (TPSA) is 123 Å². The minimum atomic E-state index is -1.14. The molecular weight excluding hydrogens is 315 g/mol. The third kappa shape index (κ3) is 3.06. The van der Waals surface area contributed by atoms with Gasteiger partial charge < -0.3 is 20.7 Å². The van der Waals surface area contributed by atoms with Gasteiger partial charge in [0.2, 0.25) is 0 Å². The summed E-state index contributed by atoms with van der Waals surface area (Å²) in [5.41, 5.74) is 7.69. The van der Waals surface area contributed by atoms with Crippen LogP contribution in [0.15, 0.2) is 23.6 Å². The molecule has 1 atom stereocenters. The third-order valence-corrected chi connectivity index (χ3v) is 4.35. The second-order valence-electron chi connectivity index (χ2n) is 5.34. The second kappa shape index (κ2) is 6.02. The minimum absolute atomic E-state index is 0.0415. The fraction of sp³-hybridized carbons (Fsp3) is 0.214. The van der Waals surface area contributed by atoms with E-state index in [0.29, 0.717) is 23.0 Å². The average molecular weight is 331 g/mol. The molecule has 0 saturated carbocycles. The Balaban J connectivity index is 1.73. The first kappa shape index (κ1) is 15.5. The normalized spacial score (nSPS) is 16.4. The molecule has 118 valence electrons. The molecule has 1 aliphatic heterocycles. The van der Waals surface area contributed by atoms with Crippen molar-refractivity contribution in [2.45, 2.75) is 19.3 Å². The molecule has 0 saturated heterocycles. The van der Waals surface area contributed by atoms with E-state index >= 15 is 0 Å². The number of nitrogens with one attached hydrogen (secondary N) is 1. The molecule has 7 nitrogen and oxygen atoms in total. The zero-order valence-electron chi connectivity index (χ0n) is 12.4. The fourth-order valence-electron chi connectivity index (χ4n) is 2.48. The van der Waals surface area contributed by atoms with Gasteiger partial charge in [0, 0.05) is 5.38 Å². The van der Waals surface area contributed by atoms with E-state index in [9.17, 15) is 9.82 Å². The van der Waals surface area contributed by atoms with Gasteiger partial charge in [-0.05, 0) is 24.5 Å². The molecule has 1 aliphatic rings. The van der Waals surface area contributed by atoms with Gasteiger partial charge in [-0.25, -0.2) is 10.4 Å². The molecule has 2 heterocycles. The van der Waals surface area contributed by atoms with Gasteiger partial charge in [-0.15, -0.1) is 11.3 Å². The Morgan fingerprint density at radius 3 is 3.09 bits per heavy atom. The number of hydrogen-bond acceptors (Lipinski definition) is 6. The number of fused-ring (bicyclic) bond motifs is 1. The largest absolute Gasteiger partial charge is 0.547 e. The van der Waals surface area contributed by atoms with Gasteiger partial charge in [-0.3, -0.25) is 4.79 Å². The van der Waals surface area contributed by atoms with E-state index in [2.05, 4.69) is 10.3 Å². The summed E-state index contributed by atoms with van der Waals surface area (Å²) in [5, 5.41) is 20.6. The number of aryl methyl sites for hydroxylation is 1. The standard InChI is InChI=1S/C14H15BN4O3S/c1-7-3-2-4-8-5-10(15(21)22-12(7)8)19-13(20)11(16)9-6-23-14(17)18-9/h2-4,6,10,16,21H,5H2,1H3,(H2,17,18)(H,19,20)/p+1/t10-/m0/s1. The first-order valence-electron chi connectivity index (χ1n) is 7.03. The van der Waals surface area contributed by atoms with Gasteiger partial charge in [0.05, 0.1) is 5.94 Å². The van der Waals surface area contributed by atoms with Gasteiger partial charge in [0.25, 0.3) is 5.71 Å². The van der Waals surface area contributed by atoms with Crippen LogP contribution in [0.5, 0.6) is 5.75 Å². The lowest BCUT2D eigenvalue weighted by atomic mass is 9.72. The maximum atomic E-state index is 12.2. The van der Waals surface area contributed by atoms with Crippen LogP contribution < -0.4 is 21.1 Å². The Labute approximate surface area is 137 Å². The van der Waals surface area contributed by atoms with Gasteiger partial charge in [-0.2, -0.15) is 0 Å². The van der Waals surface area contributed by atoms with Crippen LogP contribution in [0.1, 0.15) is 16.8 Å². The molecule has 1 aromatic carbocycles. The summed E-state index contributed by atoms with van der Waals surface area (Å²) in [5.74, 6) is -0.444. The van der Waals surface area contributed by atoms with Crippen molar-refractivity contribution in [3.05, 3.63) is 40.4 Å². The van der Waals surface area contributed by atoms with Crippen LogP contribution in [-0.2, 0) is 11.2 Å². The highest BCUT2D eigenvalue weighted by molar-refractivity contribution is 7.13. The van der Waals surface area contributed by atoms with Crippen molar-refractivity contribution in [3.8, 4) is 5.75 Å². The number of anilines is 1. The maximum absolute atomic E-state index is 12.2. The predicted molar refractivity (Wildman–Crippen MR) is 88.0 cm³/mol. The number of benzene rings is 1. The van der Waals surface area contributed by atoms with E-state index in [1.165, 1.54) is 11.3 Å². The number of amides is 1. The summed E-state index contributed by atoms with van der Waals surface area (Å²) in [4.78, 5) is 16.2. The Morgan fingerprint density at radius 2 is 2.39 bits per heavy atom. The third-order valence-electron chi connectivity index (χ3n) is 3.68. The zero-order chi connectivity index (χ0) is 16.6. The van der Waals surface area contributed by atoms with E-state index in [-0.39, 0.29) is 5.71 Å². The van der Waals surface area contributed by atoms with Crippen LogP contribution in [0.3, 0.4) is 0 Å². The smallest absolute Gasteiger partial charge is 0.534 e. The number of nitrogens with zero attached hydrogens (tertiary/aromatic N) is 1. The quantitative estimate of drug-likeness (QED) is 0.412. The lowest BCUT2D eigenvalue weighted by Crippen LogP contribution is -2.58. The first-order chi connectivity index (χ1) is 11.0. The van der Waals surface area contributed by atoms with Crippen molar-refractivity contribution in [1.82, 2.24) is 10.3 Å². The highest BCUT2D eigenvalue weighted by Gasteiger charge is 2.38. The van der Waals surface area contributed by atoms with E-state index < -0.39 is 19.0 Å². The van der Waals surface area contributed by atoms with Crippen LogP contribution in [0.25, 0.3) is 0 Å². The summed E-state index contributed by atoms with van der Waals surface area (Å²) in [6.45, 7) is 1.91. The Morgan fingerprint density at radius 1 is 1.61 bits per heavy atom. The van der Waals surface area contributed by atoms with E-state index in [4.69, 9.17) is 15.8 Å². The Kier molecular flexibility index (Phi) is 4.06. The summed E-state index contributed by atoms with van der Waals surface area (Å²) in [6.07, 6.45) is 0.455. The van der Waals surface area contributed by atoms with Crippen LogP contribution in [0, 0.1) is 6.92 Å². The number of rotatable bonds is 3. The molecule has 0 fully saturated rings. The van der Waals surface area contributed by atoms with Crippen LogP contribution >= 0.6 is 11.3 Å².